The standard InChI is InChI=1S/C23H22N2O4S/c1-3-14-6-9-19-16(10-14)12-20(29-22(19)27)21(26)25-23-24-13-18(30-23)11-15-4-7-17(28-2)8-5-15/h4-10,13,20H,3,11-12H2,1-2H3,(H,24,25,26). The molecule has 0 fully saturated rings. The molecule has 1 aliphatic rings. The van der Waals surface area contributed by atoms with Gasteiger partial charge in [0.2, 0.25) is 0 Å². The Kier molecular flexibility index (Phi) is 5.81. The SMILES string of the molecule is CCc1ccc2c(c1)CC(C(=O)Nc1ncc(Cc3ccc(OC)cc3)s1)OC2=O. The van der Waals surface area contributed by atoms with Gasteiger partial charge in [0.1, 0.15) is 5.75 Å². The van der Waals surface area contributed by atoms with Crippen LogP contribution in [0.3, 0.4) is 0 Å². The number of aromatic nitrogens is 1. The van der Waals surface area contributed by atoms with Crippen molar-refractivity contribution in [2.24, 2.45) is 0 Å². The van der Waals surface area contributed by atoms with E-state index < -0.39 is 12.1 Å². The normalized spacial score (nSPS) is 15.3. The second-order valence-corrected chi connectivity index (χ2v) is 8.20. The smallest absolute Gasteiger partial charge is 0.339 e. The molecule has 1 atom stereocenters. The first-order valence-corrected chi connectivity index (χ1v) is 10.6. The number of benzene rings is 2. The molecule has 7 heteroatoms. The summed E-state index contributed by atoms with van der Waals surface area (Å²) in [5, 5.41) is 3.28. The topological polar surface area (TPSA) is 77.5 Å². The summed E-state index contributed by atoms with van der Waals surface area (Å²) in [6.45, 7) is 2.05. The van der Waals surface area contributed by atoms with Crippen molar-refractivity contribution in [2.75, 3.05) is 12.4 Å². The molecule has 0 bridgehead atoms. The maximum absolute atomic E-state index is 12.7. The molecule has 1 aliphatic heterocycles. The van der Waals surface area contributed by atoms with Gasteiger partial charge in [-0.05, 0) is 41.3 Å². The molecule has 0 saturated carbocycles. The second kappa shape index (κ2) is 8.67. The summed E-state index contributed by atoms with van der Waals surface area (Å²) in [6, 6.07) is 13.5. The number of amides is 1. The van der Waals surface area contributed by atoms with Crippen molar-refractivity contribution < 1.29 is 19.1 Å². The maximum atomic E-state index is 12.7. The van der Waals surface area contributed by atoms with Crippen LogP contribution in [0.2, 0.25) is 0 Å². The van der Waals surface area contributed by atoms with Gasteiger partial charge in [-0.2, -0.15) is 0 Å². The Morgan fingerprint density at radius 1 is 1.23 bits per heavy atom. The number of esters is 1. The zero-order chi connectivity index (χ0) is 21.1. The fourth-order valence-corrected chi connectivity index (χ4v) is 4.24. The fourth-order valence-electron chi connectivity index (χ4n) is 3.39. The van der Waals surface area contributed by atoms with Crippen LogP contribution in [0.25, 0.3) is 0 Å². The molecule has 0 radical (unpaired) electrons. The van der Waals surface area contributed by atoms with E-state index in [0.717, 1.165) is 33.7 Å². The summed E-state index contributed by atoms with van der Waals surface area (Å²) >= 11 is 1.41. The average Bonchev–Trinajstić information content (AvgIpc) is 3.20. The summed E-state index contributed by atoms with van der Waals surface area (Å²) in [4.78, 5) is 30.3. The number of ether oxygens (including phenoxy) is 2. The maximum Gasteiger partial charge on any atom is 0.339 e. The number of carbonyl (C=O) groups is 2. The first-order valence-electron chi connectivity index (χ1n) is 9.77. The van der Waals surface area contributed by atoms with Gasteiger partial charge in [-0.15, -0.1) is 11.3 Å². The highest BCUT2D eigenvalue weighted by Gasteiger charge is 2.31. The van der Waals surface area contributed by atoms with E-state index in [2.05, 4.69) is 17.2 Å². The zero-order valence-corrected chi connectivity index (χ0v) is 17.6. The zero-order valence-electron chi connectivity index (χ0n) is 16.8. The Morgan fingerprint density at radius 3 is 2.73 bits per heavy atom. The van der Waals surface area contributed by atoms with Crippen molar-refractivity contribution in [3.05, 3.63) is 75.8 Å². The molecule has 1 unspecified atom stereocenters. The number of aryl methyl sites for hydroxylation is 1. The van der Waals surface area contributed by atoms with Gasteiger partial charge < -0.3 is 9.47 Å². The molecule has 6 nitrogen and oxygen atoms in total. The third kappa shape index (κ3) is 4.36. The van der Waals surface area contributed by atoms with Crippen LogP contribution in [0, 0.1) is 0 Å². The van der Waals surface area contributed by atoms with Crippen LogP contribution in [0.5, 0.6) is 5.75 Å². The first kappa shape index (κ1) is 20.1. The van der Waals surface area contributed by atoms with Crippen LogP contribution in [-0.4, -0.2) is 30.1 Å². The molecular formula is C23H22N2O4S. The molecule has 2 heterocycles. The molecular weight excluding hydrogens is 400 g/mol. The van der Waals surface area contributed by atoms with E-state index in [-0.39, 0.29) is 5.91 Å². The largest absolute Gasteiger partial charge is 0.497 e. The van der Waals surface area contributed by atoms with Crippen LogP contribution in [0.1, 0.15) is 38.8 Å². The van der Waals surface area contributed by atoms with Crippen molar-refractivity contribution in [3.63, 3.8) is 0 Å². The predicted molar refractivity (Wildman–Crippen MR) is 115 cm³/mol. The van der Waals surface area contributed by atoms with Gasteiger partial charge in [0, 0.05) is 23.9 Å². The van der Waals surface area contributed by atoms with E-state index in [1.807, 2.05) is 36.4 Å². The van der Waals surface area contributed by atoms with Gasteiger partial charge in [0.05, 0.1) is 12.7 Å². The lowest BCUT2D eigenvalue weighted by molar-refractivity contribution is -0.125. The van der Waals surface area contributed by atoms with E-state index in [9.17, 15) is 9.59 Å². The molecule has 2 aromatic carbocycles. The van der Waals surface area contributed by atoms with Crippen LogP contribution in [0.15, 0.2) is 48.7 Å². The lowest BCUT2D eigenvalue weighted by atomic mass is 9.95. The number of cyclic esters (lactones) is 1. The van der Waals surface area contributed by atoms with Gasteiger partial charge >= 0.3 is 5.97 Å². The highest BCUT2D eigenvalue weighted by molar-refractivity contribution is 7.15. The Balaban J connectivity index is 1.41. The quantitative estimate of drug-likeness (QED) is 0.607. The van der Waals surface area contributed by atoms with E-state index >= 15 is 0 Å². The molecule has 0 spiro atoms. The van der Waals surface area contributed by atoms with Crippen LogP contribution in [-0.2, 0) is 28.8 Å². The van der Waals surface area contributed by atoms with Crippen LogP contribution >= 0.6 is 11.3 Å². The van der Waals surface area contributed by atoms with E-state index in [0.29, 0.717) is 23.5 Å². The van der Waals surface area contributed by atoms with Crippen LogP contribution in [0.4, 0.5) is 5.13 Å². The number of nitrogens with one attached hydrogen (secondary N) is 1. The van der Waals surface area contributed by atoms with Crippen molar-refractivity contribution >= 4 is 28.3 Å². The van der Waals surface area contributed by atoms with Gasteiger partial charge in [-0.1, -0.05) is 31.2 Å². The fraction of sp³-hybridized carbons (Fsp3) is 0.261. The Morgan fingerprint density at radius 2 is 2.00 bits per heavy atom. The number of rotatable bonds is 6. The van der Waals surface area contributed by atoms with Gasteiger partial charge in [0.15, 0.2) is 11.2 Å². The Labute approximate surface area is 178 Å². The lowest BCUT2D eigenvalue weighted by Crippen LogP contribution is -2.38. The molecule has 0 aliphatic carbocycles. The Hall–Kier alpha value is -3.19. The van der Waals surface area contributed by atoms with Crippen molar-refractivity contribution in [3.8, 4) is 5.75 Å². The van der Waals surface area contributed by atoms with Crippen molar-refractivity contribution in [1.29, 1.82) is 0 Å². The highest BCUT2D eigenvalue weighted by Crippen LogP contribution is 2.25. The molecule has 1 amide bonds. The third-order valence-electron chi connectivity index (χ3n) is 5.07. The summed E-state index contributed by atoms with van der Waals surface area (Å²) < 4.78 is 10.5. The highest BCUT2D eigenvalue weighted by atomic mass is 32.1. The third-order valence-corrected chi connectivity index (χ3v) is 5.98. The van der Waals surface area contributed by atoms with Gasteiger partial charge in [-0.3, -0.25) is 10.1 Å². The minimum absolute atomic E-state index is 0.360. The molecule has 3 aromatic rings. The Bertz CT molecular complexity index is 1080. The van der Waals surface area contributed by atoms with E-state index in [4.69, 9.17) is 9.47 Å². The van der Waals surface area contributed by atoms with Gasteiger partial charge in [-0.25, -0.2) is 9.78 Å². The molecule has 4 rings (SSSR count). The minimum atomic E-state index is -0.856. The molecule has 1 N–H and O–H groups in total. The number of methoxy groups -OCH3 is 1. The summed E-state index contributed by atoms with van der Waals surface area (Å²) in [7, 11) is 1.64. The summed E-state index contributed by atoms with van der Waals surface area (Å²) in [5.74, 6) is -0.00898. The second-order valence-electron chi connectivity index (χ2n) is 7.09. The number of anilines is 1. The number of carbonyl (C=O) groups excluding carboxylic acids is 2. The molecule has 0 saturated heterocycles. The molecule has 30 heavy (non-hydrogen) atoms. The number of nitrogens with zero attached hydrogens (tertiary/aromatic N) is 1. The number of fused-ring (bicyclic) bond motifs is 1. The predicted octanol–water partition coefficient (Wildman–Crippen LogP) is 4.03. The van der Waals surface area contributed by atoms with Crippen molar-refractivity contribution in [1.82, 2.24) is 4.98 Å². The minimum Gasteiger partial charge on any atom is -0.497 e. The van der Waals surface area contributed by atoms with E-state index in [1.165, 1.54) is 11.3 Å². The average molecular weight is 423 g/mol. The summed E-state index contributed by atoms with van der Waals surface area (Å²) in [6.07, 6.45) is 2.84. The monoisotopic (exact) mass is 422 g/mol. The van der Waals surface area contributed by atoms with Crippen LogP contribution < -0.4 is 10.1 Å². The van der Waals surface area contributed by atoms with Gasteiger partial charge in [0.25, 0.3) is 5.91 Å². The number of hydrogen-bond acceptors (Lipinski definition) is 6. The lowest BCUT2D eigenvalue weighted by Gasteiger charge is -2.24. The number of hydrogen-bond donors (Lipinski definition) is 1. The summed E-state index contributed by atoms with van der Waals surface area (Å²) in [5.41, 5.74) is 3.64. The molecule has 1 aromatic heterocycles. The number of thiazole rings is 1. The van der Waals surface area contributed by atoms with E-state index in [1.54, 1.807) is 19.4 Å². The molecule has 154 valence electrons. The first-order chi connectivity index (χ1) is 14.6. The van der Waals surface area contributed by atoms with Crippen molar-refractivity contribution in [2.45, 2.75) is 32.3 Å².